The van der Waals surface area contributed by atoms with Gasteiger partial charge in [0.15, 0.2) is 5.96 Å². The minimum atomic E-state index is -0.682. The van der Waals surface area contributed by atoms with Crippen molar-refractivity contribution in [2.45, 2.75) is 54.7 Å². The predicted molar refractivity (Wildman–Crippen MR) is 107 cm³/mol. The highest BCUT2D eigenvalue weighted by Gasteiger charge is 2.25. The third-order valence-electron chi connectivity index (χ3n) is 4.10. The molecule has 2 N–H and O–H groups in total. The van der Waals surface area contributed by atoms with Crippen LogP contribution in [-0.4, -0.2) is 51.5 Å². The zero-order valence-electron chi connectivity index (χ0n) is 14.5. The quantitative estimate of drug-likeness (QED) is 0.310. The molecule has 1 aliphatic carbocycles. The van der Waals surface area contributed by atoms with Crippen molar-refractivity contribution in [1.29, 1.82) is 0 Å². The van der Waals surface area contributed by atoms with Gasteiger partial charge in [0, 0.05) is 58.8 Å². The minimum Gasteiger partial charge on any atom is -0.356 e. The maximum Gasteiger partial charge on any atom is 0.191 e. The summed E-state index contributed by atoms with van der Waals surface area (Å²) in [4.78, 5) is 8.59. The number of guanidine groups is 1. The summed E-state index contributed by atoms with van der Waals surface area (Å²) in [5.74, 6) is 2.68. The van der Waals surface area contributed by atoms with Gasteiger partial charge in [-0.15, -0.1) is 11.3 Å². The smallest absolute Gasteiger partial charge is 0.191 e. The van der Waals surface area contributed by atoms with Gasteiger partial charge in [0.1, 0.15) is 4.34 Å². The first-order chi connectivity index (χ1) is 11.7. The average molecular weight is 389 g/mol. The number of nitrogens with zero attached hydrogens (tertiary/aromatic N) is 2. The summed E-state index contributed by atoms with van der Waals surface area (Å²) in [6.45, 7) is 2.91. The summed E-state index contributed by atoms with van der Waals surface area (Å²) in [5.41, 5.74) is 0. The van der Waals surface area contributed by atoms with Crippen molar-refractivity contribution in [1.82, 2.24) is 15.6 Å². The molecule has 8 heteroatoms. The van der Waals surface area contributed by atoms with Crippen LogP contribution in [0.3, 0.4) is 0 Å². The predicted octanol–water partition coefficient (Wildman–Crippen LogP) is 2.87. The molecule has 0 bridgehead atoms. The van der Waals surface area contributed by atoms with E-state index in [2.05, 4.69) is 20.6 Å². The number of hydrogen-bond acceptors (Lipinski definition) is 5. The van der Waals surface area contributed by atoms with Gasteiger partial charge in [0.25, 0.3) is 0 Å². The third kappa shape index (κ3) is 6.72. The van der Waals surface area contributed by atoms with Gasteiger partial charge >= 0.3 is 0 Å². The maximum absolute atomic E-state index is 12.0. The molecule has 0 aromatic carbocycles. The number of thioether (sulfide) groups is 1. The van der Waals surface area contributed by atoms with Crippen LogP contribution < -0.4 is 10.6 Å². The largest absolute Gasteiger partial charge is 0.356 e. The second kappa shape index (κ2) is 11.1. The SMILES string of the molecule is CCS(=O)C1CCCC(NC(=NC)NCCCSc2nccs2)C1. The van der Waals surface area contributed by atoms with E-state index in [0.717, 1.165) is 60.5 Å². The van der Waals surface area contributed by atoms with Crippen LogP contribution in [0.25, 0.3) is 0 Å². The second-order valence-electron chi connectivity index (χ2n) is 5.80. The van der Waals surface area contributed by atoms with E-state index in [1.165, 1.54) is 0 Å². The van der Waals surface area contributed by atoms with Gasteiger partial charge in [-0.3, -0.25) is 9.20 Å². The Hall–Kier alpha value is -0.600. The first kappa shape index (κ1) is 19.7. The van der Waals surface area contributed by atoms with Crippen LogP contribution in [0.1, 0.15) is 39.0 Å². The van der Waals surface area contributed by atoms with Gasteiger partial charge < -0.3 is 10.6 Å². The van der Waals surface area contributed by atoms with Crippen LogP contribution in [-0.2, 0) is 10.8 Å². The van der Waals surface area contributed by atoms with Gasteiger partial charge in [-0.25, -0.2) is 4.98 Å². The lowest BCUT2D eigenvalue weighted by molar-refractivity contribution is 0.413. The van der Waals surface area contributed by atoms with Gasteiger partial charge in [-0.2, -0.15) is 0 Å². The first-order valence-corrected chi connectivity index (χ1v) is 11.8. The van der Waals surface area contributed by atoms with Gasteiger partial charge in [0.05, 0.1) is 0 Å². The average Bonchev–Trinajstić information content (AvgIpc) is 3.13. The molecule has 1 aromatic rings. The highest BCUT2D eigenvalue weighted by molar-refractivity contribution is 8.00. The van der Waals surface area contributed by atoms with Crippen LogP contribution in [0.5, 0.6) is 0 Å². The Morgan fingerprint density at radius 2 is 2.42 bits per heavy atom. The fourth-order valence-electron chi connectivity index (χ4n) is 2.86. The summed E-state index contributed by atoms with van der Waals surface area (Å²) >= 11 is 3.49. The summed E-state index contributed by atoms with van der Waals surface area (Å²) < 4.78 is 13.2. The summed E-state index contributed by atoms with van der Waals surface area (Å²) in [7, 11) is 1.13. The van der Waals surface area contributed by atoms with E-state index in [-0.39, 0.29) is 0 Å². The minimum absolute atomic E-state index is 0.342. The zero-order valence-corrected chi connectivity index (χ0v) is 16.9. The summed E-state index contributed by atoms with van der Waals surface area (Å²) in [6.07, 6.45) is 7.28. The molecule has 0 saturated heterocycles. The Labute approximate surface area is 156 Å². The molecular formula is C16H28N4OS3. The van der Waals surface area contributed by atoms with Crippen molar-refractivity contribution in [2.75, 3.05) is 25.1 Å². The van der Waals surface area contributed by atoms with E-state index in [1.54, 1.807) is 23.1 Å². The molecule has 3 atom stereocenters. The van der Waals surface area contributed by atoms with Crippen LogP contribution in [0.4, 0.5) is 0 Å². The van der Waals surface area contributed by atoms with Crippen molar-refractivity contribution in [2.24, 2.45) is 4.99 Å². The number of aromatic nitrogens is 1. The lowest BCUT2D eigenvalue weighted by Crippen LogP contribution is -2.46. The fourth-order valence-corrected chi connectivity index (χ4v) is 5.85. The van der Waals surface area contributed by atoms with Crippen LogP contribution in [0.15, 0.2) is 20.9 Å². The number of nitrogens with one attached hydrogen (secondary N) is 2. The van der Waals surface area contributed by atoms with Crippen molar-refractivity contribution >= 4 is 39.9 Å². The lowest BCUT2D eigenvalue weighted by Gasteiger charge is -2.30. The maximum atomic E-state index is 12.0. The molecule has 3 unspecified atom stereocenters. The van der Waals surface area contributed by atoms with Gasteiger partial charge in [-0.05, 0) is 25.7 Å². The molecule has 0 radical (unpaired) electrons. The second-order valence-corrected chi connectivity index (χ2v) is 10.0. The fraction of sp³-hybridized carbons (Fsp3) is 0.750. The molecule has 1 saturated carbocycles. The van der Waals surface area contributed by atoms with E-state index in [0.29, 0.717) is 11.3 Å². The Morgan fingerprint density at radius 3 is 3.12 bits per heavy atom. The molecular weight excluding hydrogens is 360 g/mol. The number of hydrogen-bond donors (Lipinski definition) is 2. The van der Waals surface area contributed by atoms with E-state index >= 15 is 0 Å². The monoisotopic (exact) mass is 388 g/mol. The lowest BCUT2D eigenvalue weighted by atomic mass is 9.95. The molecule has 136 valence electrons. The van der Waals surface area contributed by atoms with Crippen molar-refractivity contribution in [3.05, 3.63) is 11.6 Å². The number of rotatable bonds is 8. The highest BCUT2D eigenvalue weighted by Crippen LogP contribution is 2.23. The Balaban J connectivity index is 1.65. The molecule has 0 spiro atoms. The van der Waals surface area contributed by atoms with Crippen LogP contribution in [0, 0.1) is 0 Å². The standard InChI is InChI=1S/C16H28N4OS3/c1-3-24(21)14-7-4-6-13(12-14)20-15(17-2)18-8-5-10-22-16-19-9-11-23-16/h9,11,13-14H,3-8,10,12H2,1-2H3,(H2,17,18,20). The molecule has 0 aliphatic heterocycles. The van der Waals surface area contributed by atoms with E-state index in [1.807, 2.05) is 25.5 Å². The topological polar surface area (TPSA) is 66.4 Å². The third-order valence-corrected chi connectivity index (χ3v) is 7.89. The molecule has 1 aliphatic rings. The van der Waals surface area contributed by atoms with E-state index in [9.17, 15) is 4.21 Å². The molecule has 2 rings (SSSR count). The van der Waals surface area contributed by atoms with Crippen molar-refractivity contribution in [3.63, 3.8) is 0 Å². The van der Waals surface area contributed by atoms with Crippen molar-refractivity contribution in [3.8, 4) is 0 Å². The molecule has 1 fully saturated rings. The van der Waals surface area contributed by atoms with Crippen LogP contribution >= 0.6 is 23.1 Å². The summed E-state index contributed by atoms with van der Waals surface area (Å²) in [5, 5.41) is 9.24. The molecule has 1 heterocycles. The molecule has 24 heavy (non-hydrogen) atoms. The summed E-state index contributed by atoms with van der Waals surface area (Å²) in [6, 6.07) is 0.384. The number of thiazole rings is 1. The molecule has 5 nitrogen and oxygen atoms in total. The van der Waals surface area contributed by atoms with Gasteiger partial charge in [-0.1, -0.05) is 25.1 Å². The Bertz CT molecular complexity index is 521. The normalized spacial score (nSPS) is 23.0. The Morgan fingerprint density at radius 1 is 1.54 bits per heavy atom. The Kier molecular flexibility index (Phi) is 9.12. The zero-order chi connectivity index (χ0) is 17.2. The van der Waals surface area contributed by atoms with E-state index < -0.39 is 10.8 Å². The van der Waals surface area contributed by atoms with Crippen LogP contribution in [0.2, 0.25) is 0 Å². The molecule has 1 aromatic heterocycles. The van der Waals surface area contributed by atoms with Crippen molar-refractivity contribution < 1.29 is 4.21 Å². The molecule has 0 amide bonds. The first-order valence-electron chi connectivity index (χ1n) is 8.59. The highest BCUT2D eigenvalue weighted by atomic mass is 32.2. The van der Waals surface area contributed by atoms with E-state index in [4.69, 9.17) is 0 Å². The number of aliphatic imine (C=N–C) groups is 1. The van der Waals surface area contributed by atoms with Gasteiger partial charge in [0.2, 0.25) is 0 Å².